The van der Waals surface area contributed by atoms with Gasteiger partial charge in [0.15, 0.2) is 0 Å². The van der Waals surface area contributed by atoms with Crippen LogP contribution in [0.4, 0.5) is 11.4 Å². The zero-order valence-electron chi connectivity index (χ0n) is 16.0. The van der Waals surface area contributed by atoms with Gasteiger partial charge in [0.25, 0.3) is 11.6 Å². The largest absolute Gasteiger partial charge is 0.339 e. The second-order valence-electron chi connectivity index (χ2n) is 6.06. The van der Waals surface area contributed by atoms with Crippen molar-refractivity contribution in [2.75, 3.05) is 18.4 Å². The first-order valence-corrected chi connectivity index (χ1v) is 9.85. The van der Waals surface area contributed by atoms with Gasteiger partial charge in [-0.05, 0) is 57.2 Å². The van der Waals surface area contributed by atoms with Crippen LogP contribution in [0.15, 0.2) is 53.4 Å². The first-order valence-electron chi connectivity index (χ1n) is 8.97. The number of hydrogen-bond acceptors (Lipinski definition) is 5. The van der Waals surface area contributed by atoms with Gasteiger partial charge in [-0.15, -0.1) is 11.8 Å². The van der Waals surface area contributed by atoms with Gasteiger partial charge in [-0.1, -0.05) is 0 Å². The molecule has 1 atom stereocenters. The SMILES string of the molecule is CCN(CC)C(=O)c1ccc(NC(=O)C(C)Sc2ccc([N+](=O)[O-])cc2)cc1. The number of amides is 2. The summed E-state index contributed by atoms with van der Waals surface area (Å²) < 4.78 is 0. The molecule has 8 heteroatoms. The number of anilines is 1. The Kier molecular flexibility index (Phi) is 7.57. The maximum Gasteiger partial charge on any atom is 0.269 e. The number of carbonyl (C=O) groups is 2. The van der Waals surface area contributed by atoms with E-state index >= 15 is 0 Å². The molecule has 0 aliphatic heterocycles. The van der Waals surface area contributed by atoms with Crippen LogP contribution >= 0.6 is 11.8 Å². The zero-order valence-corrected chi connectivity index (χ0v) is 16.9. The molecule has 7 nitrogen and oxygen atoms in total. The van der Waals surface area contributed by atoms with Crippen molar-refractivity contribution in [3.05, 3.63) is 64.2 Å². The summed E-state index contributed by atoms with van der Waals surface area (Å²) in [5, 5.41) is 13.1. The van der Waals surface area contributed by atoms with Crippen LogP contribution in [0.25, 0.3) is 0 Å². The summed E-state index contributed by atoms with van der Waals surface area (Å²) in [6.07, 6.45) is 0. The molecule has 1 N–H and O–H groups in total. The monoisotopic (exact) mass is 401 g/mol. The molecule has 0 spiro atoms. The van der Waals surface area contributed by atoms with Crippen LogP contribution in [0.2, 0.25) is 0 Å². The molecule has 0 aromatic heterocycles. The lowest BCUT2D eigenvalue weighted by Gasteiger charge is -2.18. The highest BCUT2D eigenvalue weighted by atomic mass is 32.2. The Labute approximate surface area is 168 Å². The van der Waals surface area contributed by atoms with Gasteiger partial charge >= 0.3 is 0 Å². The number of nitro benzene ring substituents is 1. The van der Waals surface area contributed by atoms with Crippen LogP contribution in [0.1, 0.15) is 31.1 Å². The molecule has 0 saturated heterocycles. The van der Waals surface area contributed by atoms with E-state index in [0.717, 1.165) is 4.90 Å². The molecule has 2 amide bonds. The number of rotatable bonds is 8. The van der Waals surface area contributed by atoms with Gasteiger partial charge < -0.3 is 10.2 Å². The van der Waals surface area contributed by atoms with Crippen molar-refractivity contribution in [2.24, 2.45) is 0 Å². The van der Waals surface area contributed by atoms with Crippen LogP contribution in [-0.4, -0.2) is 40.0 Å². The maximum absolute atomic E-state index is 12.4. The zero-order chi connectivity index (χ0) is 20.7. The third-order valence-corrected chi connectivity index (χ3v) is 5.29. The van der Waals surface area contributed by atoms with Gasteiger partial charge in [0, 0.05) is 41.4 Å². The minimum absolute atomic E-state index is 0.0146. The summed E-state index contributed by atoms with van der Waals surface area (Å²) in [5.41, 5.74) is 1.20. The molecule has 0 fully saturated rings. The summed E-state index contributed by atoms with van der Waals surface area (Å²) in [4.78, 5) is 37.4. The molecule has 1 unspecified atom stereocenters. The Hall–Kier alpha value is -2.87. The number of nitro groups is 1. The second kappa shape index (κ2) is 9.89. The number of hydrogen-bond donors (Lipinski definition) is 1. The van der Waals surface area contributed by atoms with E-state index < -0.39 is 10.2 Å². The lowest BCUT2D eigenvalue weighted by Crippen LogP contribution is -2.30. The lowest BCUT2D eigenvalue weighted by atomic mass is 10.1. The van der Waals surface area contributed by atoms with E-state index in [1.807, 2.05) is 13.8 Å². The lowest BCUT2D eigenvalue weighted by molar-refractivity contribution is -0.384. The molecule has 28 heavy (non-hydrogen) atoms. The molecule has 0 aliphatic rings. The smallest absolute Gasteiger partial charge is 0.269 e. The minimum Gasteiger partial charge on any atom is -0.339 e. The third kappa shape index (κ3) is 5.56. The highest BCUT2D eigenvalue weighted by Gasteiger charge is 2.16. The highest BCUT2D eigenvalue weighted by Crippen LogP contribution is 2.26. The Balaban J connectivity index is 1.96. The van der Waals surface area contributed by atoms with Gasteiger partial charge in [0.05, 0.1) is 10.2 Å². The van der Waals surface area contributed by atoms with E-state index in [0.29, 0.717) is 24.3 Å². The van der Waals surface area contributed by atoms with E-state index in [4.69, 9.17) is 0 Å². The summed E-state index contributed by atoms with van der Waals surface area (Å²) in [5.74, 6) is -0.226. The van der Waals surface area contributed by atoms with Crippen molar-refractivity contribution in [1.82, 2.24) is 4.90 Å². The van der Waals surface area contributed by atoms with Crippen LogP contribution in [-0.2, 0) is 4.79 Å². The molecule has 2 aromatic rings. The van der Waals surface area contributed by atoms with Crippen molar-refractivity contribution in [3.8, 4) is 0 Å². The fourth-order valence-electron chi connectivity index (χ4n) is 2.54. The first kappa shape index (κ1) is 21.4. The predicted molar refractivity (Wildman–Crippen MR) is 111 cm³/mol. The predicted octanol–water partition coefficient (Wildman–Crippen LogP) is 4.20. The van der Waals surface area contributed by atoms with Crippen LogP contribution in [0.5, 0.6) is 0 Å². The Bertz CT molecular complexity index is 834. The second-order valence-corrected chi connectivity index (χ2v) is 7.47. The van der Waals surface area contributed by atoms with E-state index in [9.17, 15) is 19.7 Å². The van der Waals surface area contributed by atoms with E-state index in [2.05, 4.69) is 5.32 Å². The van der Waals surface area contributed by atoms with Crippen LogP contribution in [0.3, 0.4) is 0 Å². The van der Waals surface area contributed by atoms with Gasteiger partial charge in [-0.3, -0.25) is 19.7 Å². The number of carbonyl (C=O) groups excluding carboxylic acids is 2. The van der Waals surface area contributed by atoms with Gasteiger partial charge in [0.2, 0.25) is 5.91 Å². The Morgan fingerprint density at radius 3 is 2.14 bits per heavy atom. The Morgan fingerprint density at radius 2 is 1.64 bits per heavy atom. The summed E-state index contributed by atoms with van der Waals surface area (Å²) in [7, 11) is 0. The molecule has 0 saturated carbocycles. The van der Waals surface area contributed by atoms with E-state index in [-0.39, 0.29) is 17.5 Å². The highest BCUT2D eigenvalue weighted by molar-refractivity contribution is 8.00. The molecular weight excluding hydrogens is 378 g/mol. The summed E-state index contributed by atoms with van der Waals surface area (Å²) in [6.45, 7) is 6.91. The van der Waals surface area contributed by atoms with Crippen LogP contribution in [0, 0.1) is 10.1 Å². The van der Waals surface area contributed by atoms with Crippen molar-refractivity contribution < 1.29 is 14.5 Å². The number of non-ortho nitro benzene ring substituents is 1. The van der Waals surface area contributed by atoms with Gasteiger partial charge in [-0.25, -0.2) is 0 Å². The number of nitrogens with zero attached hydrogens (tertiary/aromatic N) is 2. The molecular formula is C20H23N3O4S. The molecule has 2 rings (SSSR count). The standard InChI is InChI=1S/C20H23N3O4S/c1-4-22(5-2)20(25)15-6-8-16(9-7-15)21-19(24)14(3)28-18-12-10-17(11-13-18)23(26)27/h6-14H,4-5H2,1-3H3,(H,21,24). The third-order valence-electron chi connectivity index (χ3n) is 4.18. The maximum atomic E-state index is 12.4. The molecule has 0 heterocycles. The number of benzene rings is 2. The van der Waals surface area contributed by atoms with Crippen LogP contribution < -0.4 is 5.32 Å². The Morgan fingerprint density at radius 1 is 1.07 bits per heavy atom. The van der Waals surface area contributed by atoms with E-state index in [1.54, 1.807) is 48.2 Å². The fraction of sp³-hybridized carbons (Fsp3) is 0.300. The molecule has 0 radical (unpaired) electrons. The molecule has 148 valence electrons. The molecule has 0 bridgehead atoms. The average Bonchev–Trinajstić information content (AvgIpc) is 2.69. The van der Waals surface area contributed by atoms with E-state index in [1.165, 1.54) is 23.9 Å². The van der Waals surface area contributed by atoms with Crippen molar-refractivity contribution >= 4 is 35.0 Å². The molecule has 0 aliphatic carbocycles. The van der Waals surface area contributed by atoms with Crippen molar-refractivity contribution in [3.63, 3.8) is 0 Å². The van der Waals surface area contributed by atoms with Gasteiger partial charge in [-0.2, -0.15) is 0 Å². The number of nitrogens with one attached hydrogen (secondary N) is 1. The quantitative estimate of drug-likeness (QED) is 0.407. The normalized spacial score (nSPS) is 11.5. The van der Waals surface area contributed by atoms with Crippen molar-refractivity contribution in [1.29, 1.82) is 0 Å². The number of thioether (sulfide) groups is 1. The molecule has 2 aromatic carbocycles. The van der Waals surface area contributed by atoms with Gasteiger partial charge in [0.1, 0.15) is 0 Å². The summed E-state index contributed by atoms with van der Waals surface area (Å²) >= 11 is 1.31. The summed E-state index contributed by atoms with van der Waals surface area (Å²) in [6, 6.07) is 12.9. The topological polar surface area (TPSA) is 92.6 Å². The average molecular weight is 401 g/mol. The first-order chi connectivity index (χ1) is 13.3. The van der Waals surface area contributed by atoms with Crippen molar-refractivity contribution in [2.45, 2.75) is 30.9 Å². The fourth-order valence-corrected chi connectivity index (χ4v) is 3.40. The minimum atomic E-state index is -0.459.